The van der Waals surface area contributed by atoms with Crippen LogP contribution in [0.1, 0.15) is 11.6 Å². The fourth-order valence-corrected chi connectivity index (χ4v) is 2.21. The number of oxazole rings is 1. The average Bonchev–Trinajstić information content (AvgIpc) is 2.99. The molecule has 0 atom stereocenters. The molecule has 5 nitrogen and oxygen atoms in total. The van der Waals surface area contributed by atoms with Crippen molar-refractivity contribution in [3.63, 3.8) is 0 Å². The number of nitrogens with zero attached hydrogens (tertiary/aromatic N) is 2. The maximum absolute atomic E-state index is 5.57. The molecule has 0 unspecified atom stereocenters. The summed E-state index contributed by atoms with van der Waals surface area (Å²) in [5.74, 6) is 0.690. The first kappa shape index (κ1) is 11.9. The number of hydrogen-bond donors (Lipinski definition) is 2. The molecule has 2 aromatic heterocycles. The van der Waals surface area contributed by atoms with E-state index in [9.17, 15) is 0 Å². The van der Waals surface area contributed by atoms with Crippen molar-refractivity contribution in [2.24, 2.45) is 0 Å². The number of hydrogen-bond acceptors (Lipinski definition) is 4. The minimum absolute atomic E-state index is 0.690. The molecule has 0 spiro atoms. The fraction of sp³-hybridized carbons (Fsp3) is 0.286. The van der Waals surface area contributed by atoms with Crippen molar-refractivity contribution >= 4 is 11.1 Å². The number of rotatable bonds is 4. The van der Waals surface area contributed by atoms with Crippen LogP contribution < -0.4 is 5.32 Å². The van der Waals surface area contributed by atoms with Crippen LogP contribution in [0.4, 0.5) is 0 Å². The van der Waals surface area contributed by atoms with Gasteiger partial charge in [-0.2, -0.15) is 5.10 Å². The van der Waals surface area contributed by atoms with Crippen molar-refractivity contribution in [1.29, 1.82) is 0 Å². The highest BCUT2D eigenvalue weighted by atomic mass is 16.3. The first-order chi connectivity index (χ1) is 9.28. The number of benzene rings is 1. The molecule has 3 aromatic rings. The number of fused-ring (bicyclic) bond motifs is 1. The van der Waals surface area contributed by atoms with E-state index in [4.69, 9.17) is 4.42 Å². The molecule has 0 aliphatic heterocycles. The lowest BCUT2D eigenvalue weighted by Crippen LogP contribution is -2.11. The molecular formula is C14H16N4O. The van der Waals surface area contributed by atoms with Gasteiger partial charge in [0.05, 0.1) is 6.20 Å². The Labute approximate surface area is 111 Å². The number of aromatic nitrogens is 3. The molecule has 5 heteroatoms. The zero-order valence-electron chi connectivity index (χ0n) is 11.0. The van der Waals surface area contributed by atoms with Crippen LogP contribution in [0, 0.1) is 6.92 Å². The van der Waals surface area contributed by atoms with Crippen molar-refractivity contribution in [3.05, 3.63) is 36.0 Å². The second-order valence-electron chi connectivity index (χ2n) is 4.53. The summed E-state index contributed by atoms with van der Waals surface area (Å²) in [5, 5.41) is 10.3. The van der Waals surface area contributed by atoms with Crippen LogP contribution in [-0.2, 0) is 6.42 Å². The largest absolute Gasteiger partial charge is 0.441 e. The van der Waals surface area contributed by atoms with Gasteiger partial charge in [0.2, 0.25) is 0 Å². The van der Waals surface area contributed by atoms with Crippen LogP contribution in [0.2, 0.25) is 0 Å². The standard InChI is InChI=1S/C14H16N4O/c1-9-17-13-4-3-10(7-14(13)19-9)11-8-16-18-12(11)5-6-15-2/h3-4,7-8,15H,5-6H2,1-2H3,(H,16,18). The van der Waals surface area contributed by atoms with Gasteiger partial charge in [0.25, 0.3) is 0 Å². The summed E-state index contributed by atoms with van der Waals surface area (Å²) in [6.45, 7) is 2.77. The quantitative estimate of drug-likeness (QED) is 0.751. The zero-order valence-corrected chi connectivity index (χ0v) is 11.0. The molecular weight excluding hydrogens is 240 g/mol. The second-order valence-corrected chi connectivity index (χ2v) is 4.53. The summed E-state index contributed by atoms with van der Waals surface area (Å²) in [5.41, 5.74) is 5.05. The third-order valence-corrected chi connectivity index (χ3v) is 3.15. The molecule has 0 saturated carbocycles. The number of nitrogens with one attached hydrogen (secondary N) is 2. The van der Waals surface area contributed by atoms with Gasteiger partial charge >= 0.3 is 0 Å². The van der Waals surface area contributed by atoms with Crippen molar-refractivity contribution in [3.8, 4) is 11.1 Å². The third-order valence-electron chi connectivity index (χ3n) is 3.15. The molecule has 98 valence electrons. The molecule has 0 bridgehead atoms. The minimum atomic E-state index is 0.690. The zero-order chi connectivity index (χ0) is 13.2. The van der Waals surface area contributed by atoms with Crippen molar-refractivity contribution in [2.45, 2.75) is 13.3 Å². The predicted octanol–water partition coefficient (Wildman–Crippen LogP) is 2.29. The van der Waals surface area contributed by atoms with Crippen molar-refractivity contribution < 1.29 is 4.42 Å². The normalized spacial score (nSPS) is 11.3. The van der Waals surface area contributed by atoms with Crippen LogP contribution in [0.5, 0.6) is 0 Å². The second kappa shape index (κ2) is 4.85. The SMILES string of the molecule is CNCCc1[nH]ncc1-c1ccc2nc(C)oc2c1. The van der Waals surface area contributed by atoms with E-state index in [-0.39, 0.29) is 0 Å². The van der Waals surface area contributed by atoms with E-state index in [1.54, 1.807) is 0 Å². The average molecular weight is 256 g/mol. The number of aryl methyl sites for hydroxylation is 1. The Morgan fingerprint density at radius 1 is 1.37 bits per heavy atom. The Bertz CT molecular complexity index is 698. The van der Waals surface area contributed by atoms with Crippen molar-refractivity contribution in [2.75, 3.05) is 13.6 Å². The molecule has 2 heterocycles. The number of likely N-dealkylation sites (N-methyl/N-ethyl adjacent to an activating group) is 1. The van der Waals surface area contributed by atoms with E-state index in [0.29, 0.717) is 5.89 Å². The van der Waals surface area contributed by atoms with Crippen LogP contribution in [0.3, 0.4) is 0 Å². The molecule has 0 radical (unpaired) electrons. The van der Waals surface area contributed by atoms with Crippen LogP contribution in [0.25, 0.3) is 22.2 Å². The van der Waals surface area contributed by atoms with Gasteiger partial charge in [-0.3, -0.25) is 5.10 Å². The van der Waals surface area contributed by atoms with E-state index in [0.717, 1.165) is 40.9 Å². The number of H-pyrrole nitrogens is 1. The van der Waals surface area contributed by atoms with Gasteiger partial charge in [-0.25, -0.2) is 4.98 Å². The monoisotopic (exact) mass is 256 g/mol. The Morgan fingerprint density at radius 3 is 3.11 bits per heavy atom. The summed E-state index contributed by atoms with van der Waals surface area (Å²) < 4.78 is 5.57. The molecule has 19 heavy (non-hydrogen) atoms. The lowest BCUT2D eigenvalue weighted by molar-refractivity contribution is 0.561. The van der Waals surface area contributed by atoms with Gasteiger partial charge < -0.3 is 9.73 Å². The topological polar surface area (TPSA) is 66.7 Å². The summed E-state index contributed by atoms with van der Waals surface area (Å²) in [6, 6.07) is 6.05. The van der Waals surface area contributed by atoms with E-state index in [2.05, 4.69) is 26.6 Å². The lowest BCUT2D eigenvalue weighted by atomic mass is 10.0. The molecule has 0 amide bonds. The minimum Gasteiger partial charge on any atom is -0.441 e. The van der Waals surface area contributed by atoms with E-state index in [1.807, 2.05) is 32.3 Å². The van der Waals surface area contributed by atoms with Crippen LogP contribution in [-0.4, -0.2) is 28.8 Å². The Morgan fingerprint density at radius 2 is 2.26 bits per heavy atom. The lowest BCUT2D eigenvalue weighted by Gasteiger charge is -2.03. The Kier molecular flexibility index (Phi) is 3.05. The van der Waals surface area contributed by atoms with Gasteiger partial charge in [-0.1, -0.05) is 6.07 Å². The summed E-state index contributed by atoms with van der Waals surface area (Å²) in [4.78, 5) is 4.31. The highest BCUT2D eigenvalue weighted by Crippen LogP contribution is 2.26. The molecule has 0 saturated heterocycles. The molecule has 0 aliphatic rings. The summed E-state index contributed by atoms with van der Waals surface area (Å²) in [7, 11) is 1.94. The Balaban J connectivity index is 2.01. The summed E-state index contributed by atoms with van der Waals surface area (Å²) >= 11 is 0. The van der Waals surface area contributed by atoms with Gasteiger partial charge in [-0.15, -0.1) is 0 Å². The summed E-state index contributed by atoms with van der Waals surface area (Å²) in [6.07, 6.45) is 2.77. The number of aromatic amines is 1. The van der Waals surface area contributed by atoms with E-state index >= 15 is 0 Å². The molecule has 3 rings (SSSR count). The maximum Gasteiger partial charge on any atom is 0.192 e. The molecule has 1 aromatic carbocycles. The Hall–Kier alpha value is -2.14. The van der Waals surface area contributed by atoms with Crippen molar-refractivity contribution in [1.82, 2.24) is 20.5 Å². The highest BCUT2D eigenvalue weighted by Gasteiger charge is 2.10. The van der Waals surface area contributed by atoms with Gasteiger partial charge in [0, 0.05) is 31.1 Å². The van der Waals surface area contributed by atoms with Crippen LogP contribution in [0.15, 0.2) is 28.8 Å². The van der Waals surface area contributed by atoms with Gasteiger partial charge in [0.1, 0.15) is 5.52 Å². The first-order valence-electron chi connectivity index (χ1n) is 6.32. The first-order valence-corrected chi connectivity index (χ1v) is 6.32. The fourth-order valence-electron chi connectivity index (χ4n) is 2.21. The molecule has 2 N–H and O–H groups in total. The molecule has 0 fully saturated rings. The van der Waals surface area contributed by atoms with Crippen LogP contribution >= 0.6 is 0 Å². The maximum atomic E-state index is 5.57. The predicted molar refractivity (Wildman–Crippen MR) is 74.0 cm³/mol. The smallest absolute Gasteiger partial charge is 0.192 e. The van der Waals surface area contributed by atoms with E-state index < -0.39 is 0 Å². The van der Waals surface area contributed by atoms with Gasteiger partial charge in [0.15, 0.2) is 11.5 Å². The van der Waals surface area contributed by atoms with Gasteiger partial charge in [-0.05, 0) is 24.7 Å². The molecule has 0 aliphatic carbocycles. The highest BCUT2D eigenvalue weighted by molar-refractivity contribution is 5.80. The van der Waals surface area contributed by atoms with E-state index in [1.165, 1.54) is 0 Å². The third kappa shape index (κ3) is 2.24.